The van der Waals surface area contributed by atoms with Gasteiger partial charge in [0.25, 0.3) is 0 Å². The Morgan fingerprint density at radius 2 is 2.24 bits per heavy atom. The molecule has 2 heterocycles. The summed E-state index contributed by atoms with van der Waals surface area (Å²) in [6.45, 7) is 6.61. The van der Waals surface area contributed by atoms with Gasteiger partial charge < -0.3 is 10.6 Å². The monoisotopic (exact) mass is 233 g/mol. The van der Waals surface area contributed by atoms with Crippen molar-refractivity contribution in [2.45, 2.75) is 20.3 Å². The zero-order valence-electron chi connectivity index (χ0n) is 10.3. The van der Waals surface area contributed by atoms with Crippen LogP contribution in [-0.4, -0.2) is 28.9 Å². The van der Waals surface area contributed by atoms with E-state index < -0.39 is 0 Å². The van der Waals surface area contributed by atoms with Crippen LogP contribution in [0.3, 0.4) is 0 Å². The molecule has 1 atom stereocenters. The Kier molecular flexibility index (Phi) is 3.26. The third kappa shape index (κ3) is 2.54. The summed E-state index contributed by atoms with van der Waals surface area (Å²) in [5.41, 5.74) is 5.78. The van der Waals surface area contributed by atoms with E-state index in [9.17, 15) is 0 Å². The van der Waals surface area contributed by atoms with Crippen molar-refractivity contribution < 1.29 is 0 Å². The average molecular weight is 233 g/mol. The summed E-state index contributed by atoms with van der Waals surface area (Å²) in [7, 11) is 0. The average Bonchev–Trinajstić information content (AvgIpc) is 2.78. The first-order valence-corrected chi connectivity index (χ1v) is 5.99. The largest absolute Gasteiger partial charge is 0.382 e. The van der Waals surface area contributed by atoms with E-state index in [-0.39, 0.29) is 5.84 Å². The topological polar surface area (TPSA) is 78.9 Å². The zero-order valence-corrected chi connectivity index (χ0v) is 10.3. The van der Waals surface area contributed by atoms with Crippen LogP contribution in [0.1, 0.15) is 26.0 Å². The molecular formula is C12H19N5. The van der Waals surface area contributed by atoms with E-state index in [1.807, 2.05) is 0 Å². The number of hydrogen-bond acceptors (Lipinski definition) is 4. The van der Waals surface area contributed by atoms with Crippen molar-refractivity contribution in [1.29, 1.82) is 5.41 Å². The van der Waals surface area contributed by atoms with Gasteiger partial charge in [-0.2, -0.15) is 0 Å². The third-order valence-electron chi connectivity index (χ3n) is 3.41. The summed E-state index contributed by atoms with van der Waals surface area (Å²) >= 11 is 0. The summed E-state index contributed by atoms with van der Waals surface area (Å²) < 4.78 is 0. The number of nitrogens with zero attached hydrogens (tertiary/aromatic N) is 3. The second kappa shape index (κ2) is 4.69. The Labute approximate surface area is 102 Å². The molecule has 3 N–H and O–H groups in total. The first-order valence-electron chi connectivity index (χ1n) is 5.99. The predicted octanol–water partition coefficient (Wildman–Crippen LogP) is 1.24. The lowest BCUT2D eigenvalue weighted by Gasteiger charge is -2.18. The fraction of sp³-hybridized carbons (Fsp3) is 0.583. The van der Waals surface area contributed by atoms with Crippen molar-refractivity contribution in [2.24, 2.45) is 17.6 Å². The Balaban J connectivity index is 2.06. The Bertz CT molecular complexity index is 398. The van der Waals surface area contributed by atoms with Gasteiger partial charge in [-0.3, -0.25) is 5.41 Å². The number of nitrogens with two attached hydrogens (primary N) is 1. The minimum Gasteiger partial charge on any atom is -0.382 e. The van der Waals surface area contributed by atoms with Crippen molar-refractivity contribution in [2.75, 3.05) is 18.0 Å². The van der Waals surface area contributed by atoms with Crippen molar-refractivity contribution in [3.05, 3.63) is 18.1 Å². The van der Waals surface area contributed by atoms with Crippen LogP contribution in [0.25, 0.3) is 0 Å². The van der Waals surface area contributed by atoms with E-state index in [0.717, 1.165) is 24.8 Å². The summed E-state index contributed by atoms with van der Waals surface area (Å²) in [6.07, 6.45) is 4.49. The van der Waals surface area contributed by atoms with Gasteiger partial charge in [-0.05, 0) is 18.3 Å². The Morgan fingerprint density at radius 1 is 1.47 bits per heavy atom. The molecule has 1 aromatic heterocycles. The number of hydrogen-bond donors (Lipinski definition) is 2. The van der Waals surface area contributed by atoms with Crippen LogP contribution >= 0.6 is 0 Å². The minimum absolute atomic E-state index is 0.0365. The maximum atomic E-state index is 7.27. The zero-order chi connectivity index (χ0) is 12.4. The van der Waals surface area contributed by atoms with Crippen LogP contribution in [-0.2, 0) is 0 Å². The predicted molar refractivity (Wildman–Crippen MR) is 68.2 cm³/mol. The standard InChI is InChI=1S/C12H19N5/c1-8(2)9-3-4-17(7-9)11-6-15-10(5-16-11)12(13)14/h5-6,8-9H,3-4,7H2,1-2H3,(H3,13,14). The van der Waals surface area contributed by atoms with E-state index in [4.69, 9.17) is 11.1 Å². The van der Waals surface area contributed by atoms with Gasteiger partial charge in [0, 0.05) is 13.1 Å². The molecule has 1 fully saturated rings. The number of anilines is 1. The lowest BCUT2D eigenvalue weighted by molar-refractivity contribution is 0.422. The van der Waals surface area contributed by atoms with Crippen molar-refractivity contribution in [1.82, 2.24) is 9.97 Å². The van der Waals surface area contributed by atoms with E-state index in [2.05, 4.69) is 28.7 Å². The second-order valence-corrected chi connectivity index (χ2v) is 4.91. The van der Waals surface area contributed by atoms with Crippen LogP contribution in [0, 0.1) is 17.2 Å². The van der Waals surface area contributed by atoms with Crippen LogP contribution in [0.4, 0.5) is 5.82 Å². The van der Waals surface area contributed by atoms with E-state index in [1.165, 1.54) is 6.42 Å². The van der Waals surface area contributed by atoms with Gasteiger partial charge in [0.15, 0.2) is 0 Å². The van der Waals surface area contributed by atoms with Gasteiger partial charge in [0.05, 0.1) is 12.4 Å². The number of rotatable bonds is 3. The molecule has 0 spiro atoms. The highest BCUT2D eigenvalue weighted by Gasteiger charge is 2.25. The molecule has 0 radical (unpaired) electrons. The first-order chi connectivity index (χ1) is 8.08. The van der Waals surface area contributed by atoms with E-state index in [1.54, 1.807) is 12.4 Å². The molecule has 5 heteroatoms. The molecule has 1 aromatic rings. The highest BCUT2D eigenvalue weighted by Crippen LogP contribution is 2.26. The molecule has 0 amide bonds. The minimum atomic E-state index is -0.0365. The highest BCUT2D eigenvalue weighted by molar-refractivity contribution is 5.92. The molecule has 0 aromatic carbocycles. The number of amidine groups is 1. The molecule has 1 aliphatic rings. The molecule has 0 bridgehead atoms. The maximum Gasteiger partial charge on any atom is 0.147 e. The lowest BCUT2D eigenvalue weighted by atomic mass is 9.95. The molecule has 1 unspecified atom stereocenters. The lowest BCUT2D eigenvalue weighted by Crippen LogP contribution is -2.23. The van der Waals surface area contributed by atoms with Crippen LogP contribution < -0.4 is 10.6 Å². The molecule has 1 saturated heterocycles. The van der Waals surface area contributed by atoms with Gasteiger partial charge in [-0.15, -0.1) is 0 Å². The molecule has 1 aliphatic heterocycles. The summed E-state index contributed by atoms with van der Waals surface area (Å²) in [5, 5.41) is 7.27. The Hall–Kier alpha value is -1.65. The maximum absolute atomic E-state index is 7.27. The number of nitrogens with one attached hydrogen (secondary N) is 1. The fourth-order valence-corrected chi connectivity index (χ4v) is 2.16. The Morgan fingerprint density at radius 3 is 2.71 bits per heavy atom. The third-order valence-corrected chi connectivity index (χ3v) is 3.41. The van der Waals surface area contributed by atoms with Gasteiger partial charge in [-0.25, -0.2) is 9.97 Å². The quantitative estimate of drug-likeness (QED) is 0.608. The van der Waals surface area contributed by atoms with E-state index in [0.29, 0.717) is 11.6 Å². The fourth-order valence-electron chi connectivity index (χ4n) is 2.16. The van der Waals surface area contributed by atoms with Gasteiger partial charge in [0.1, 0.15) is 17.3 Å². The molecule has 2 rings (SSSR count). The molecule has 5 nitrogen and oxygen atoms in total. The van der Waals surface area contributed by atoms with Crippen LogP contribution in [0.5, 0.6) is 0 Å². The van der Waals surface area contributed by atoms with Crippen LogP contribution in [0.2, 0.25) is 0 Å². The van der Waals surface area contributed by atoms with Gasteiger partial charge in [0.2, 0.25) is 0 Å². The number of aromatic nitrogens is 2. The molecule has 92 valence electrons. The normalized spacial score (nSPS) is 19.9. The van der Waals surface area contributed by atoms with Crippen molar-refractivity contribution in [3.63, 3.8) is 0 Å². The van der Waals surface area contributed by atoms with Crippen molar-refractivity contribution in [3.8, 4) is 0 Å². The molecule has 0 saturated carbocycles. The smallest absolute Gasteiger partial charge is 0.147 e. The SMILES string of the molecule is CC(C)C1CCN(c2cnc(C(=N)N)cn2)C1. The molecular weight excluding hydrogens is 214 g/mol. The highest BCUT2D eigenvalue weighted by atomic mass is 15.2. The number of nitrogen functional groups attached to an aromatic ring is 1. The van der Waals surface area contributed by atoms with Gasteiger partial charge >= 0.3 is 0 Å². The summed E-state index contributed by atoms with van der Waals surface area (Å²) in [5.74, 6) is 2.30. The van der Waals surface area contributed by atoms with Gasteiger partial charge in [-0.1, -0.05) is 13.8 Å². The van der Waals surface area contributed by atoms with E-state index >= 15 is 0 Å². The molecule has 0 aliphatic carbocycles. The first kappa shape index (κ1) is 11.8. The summed E-state index contributed by atoms with van der Waals surface area (Å²) in [4.78, 5) is 10.7. The van der Waals surface area contributed by atoms with Crippen LogP contribution in [0.15, 0.2) is 12.4 Å². The van der Waals surface area contributed by atoms with Crippen molar-refractivity contribution >= 4 is 11.7 Å². The second-order valence-electron chi connectivity index (χ2n) is 4.91. The summed E-state index contributed by atoms with van der Waals surface area (Å²) in [6, 6.07) is 0. The molecule has 17 heavy (non-hydrogen) atoms.